The molecule has 0 amide bonds. The van der Waals surface area contributed by atoms with E-state index in [1.165, 1.54) is 0 Å². The van der Waals surface area contributed by atoms with Gasteiger partial charge >= 0.3 is 0 Å². The molecule has 134 valence electrons. The predicted molar refractivity (Wildman–Crippen MR) is 103 cm³/mol. The van der Waals surface area contributed by atoms with E-state index in [1.807, 2.05) is 43.3 Å². The van der Waals surface area contributed by atoms with Crippen molar-refractivity contribution >= 4 is 33.2 Å². The number of hydrogen-bond donors (Lipinski definition) is 0. The molecule has 6 heteroatoms. The highest BCUT2D eigenvalue weighted by Gasteiger charge is 2.51. The van der Waals surface area contributed by atoms with Gasteiger partial charge in [-0.15, -0.1) is 23.2 Å². The Labute approximate surface area is 159 Å². The molecule has 0 aliphatic carbocycles. The number of rotatable bonds is 5. The molecule has 0 aromatic heterocycles. The third-order valence-corrected chi connectivity index (χ3v) is 8.08. The molecule has 3 rings (SSSR count). The lowest BCUT2D eigenvalue weighted by Gasteiger charge is -2.34. The van der Waals surface area contributed by atoms with E-state index in [1.54, 1.807) is 28.6 Å². The molecular weight excluding hydrogens is 377 g/mol. The second kappa shape index (κ2) is 7.28. The highest BCUT2D eigenvalue weighted by molar-refractivity contribution is 7.89. The summed E-state index contributed by atoms with van der Waals surface area (Å²) in [5, 5.41) is -0.324. The molecule has 1 aliphatic rings. The maximum Gasteiger partial charge on any atom is 0.243 e. The van der Waals surface area contributed by atoms with Crippen molar-refractivity contribution < 1.29 is 8.42 Å². The van der Waals surface area contributed by atoms with Crippen molar-refractivity contribution in [1.29, 1.82) is 0 Å². The summed E-state index contributed by atoms with van der Waals surface area (Å²) in [7, 11) is -3.56. The molecule has 25 heavy (non-hydrogen) atoms. The van der Waals surface area contributed by atoms with Gasteiger partial charge in [-0.2, -0.15) is 4.31 Å². The molecule has 1 aliphatic heterocycles. The Balaban J connectivity index is 2.00. The molecule has 0 radical (unpaired) electrons. The van der Waals surface area contributed by atoms with Gasteiger partial charge in [-0.3, -0.25) is 0 Å². The van der Waals surface area contributed by atoms with E-state index in [-0.39, 0.29) is 17.2 Å². The first-order chi connectivity index (χ1) is 11.9. The minimum Gasteiger partial charge on any atom is -0.207 e. The van der Waals surface area contributed by atoms with E-state index in [2.05, 4.69) is 0 Å². The summed E-state index contributed by atoms with van der Waals surface area (Å²) in [6.07, 6.45) is 0. The zero-order chi connectivity index (χ0) is 18.1. The van der Waals surface area contributed by atoms with Gasteiger partial charge in [0.25, 0.3) is 0 Å². The van der Waals surface area contributed by atoms with Gasteiger partial charge < -0.3 is 0 Å². The first kappa shape index (κ1) is 18.7. The lowest BCUT2D eigenvalue weighted by atomic mass is 9.74. The van der Waals surface area contributed by atoms with Crippen LogP contribution in [0, 0.1) is 5.41 Å². The molecule has 3 nitrogen and oxygen atoms in total. The van der Waals surface area contributed by atoms with Crippen LogP contribution in [0.5, 0.6) is 0 Å². The number of sulfonamides is 1. The second-order valence-corrected chi connectivity index (χ2v) is 9.47. The molecule has 2 aromatic carbocycles. The maximum absolute atomic E-state index is 13.1. The average molecular weight is 398 g/mol. The first-order valence-corrected chi connectivity index (χ1v) is 10.6. The largest absolute Gasteiger partial charge is 0.243 e. The van der Waals surface area contributed by atoms with E-state index in [0.717, 1.165) is 5.56 Å². The summed E-state index contributed by atoms with van der Waals surface area (Å²) in [5.74, 6) is 0.272. The monoisotopic (exact) mass is 397 g/mol. The van der Waals surface area contributed by atoms with Crippen LogP contribution in [-0.4, -0.2) is 37.1 Å². The van der Waals surface area contributed by atoms with Crippen LogP contribution in [0.15, 0.2) is 65.6 Å². The van der Waals surface area contributed by atoms with Crippen LogP contribution in [0.3, 0.4) is 0 Å². The maximum atomic E-state index is 13.1. The molecule has 1 fully saturated rings. The zero-order valence-corrected chi connectivity index (χ0v) is 16.3. The van der Waals surface area contributed by atoms with Gasteiger partial charge in [0.2, 0.25) is 10.0 Å². The molecule has 3 unspecified atom stereocenters. The van der Waals surface area contributed by atoms with Crippen molar-refractivity contribution in [3.05, 3.63) is 66.2 Å². The van der Waals surface area contributed by atoms with E-state index in [0.29, 0.717) is 18.0 Å². The molecule has 1 saturated heterocycles. The van der Waals surface area contributed by atoms with Gasteiger partial charge in [0.15, 0.2) is 0 Å². The van der Waals surface area contributed by atoms with Crippen LogP contribution in [-0.2, 0) is 10.0 Å². The van der Waals surface area contributed by atoms with Crippen LogP contribution in [0.4, 0.5) is 0 Å². The van der Waals surface area contributed by atoms with E-state index in [4.69, 9.17) is 23.2 Å². The first-order valence-electron chi connectivity index (χ1n) is 8.20. The van der Waals surface area contributed by atoms with Crippen LogP contribution < -0.4 is 0 Å². The topological polar surface area (TPSA) is 37.4 Å². The van der Waals surface area contributed by atoms with Gasteiger partial charge in [0.05, 0.1) is 10.3 Å². The van der Waals surface area contributed by atoms with Crippen LogP contribution in [0.25, 0.3) is 0 Å². The van der Waals surface area contributed by atoms with Crippen molar-refractivity contribution in [3.63, 3.8) is 0 Å². The van der Waals surface area contributed by atoms with Gasteiger partial charge in [0.1, 0.15) is 0 Å². The minimum atomic E-state index is -3.56. The molecule has 1 heterocycles. The van der Waals surface area contributed by atoms with E-state index < -0.39 is 15.4 Å². The highest BCUT2D eigenvalue weighted by atomic mass is 35.5. The third-order valence-electron chi connectivity index (χ3n) is 5.13. The normalized spacial score (nSPS) is 25.8. The fraction of sp³-hybridized carbons (Fsp3) is 0.368. The zero-order valence-electron chi connectivity index (χ0n) is 14.0. The smallest absolute Gasteiger partial charge is 0.207 e. The SMILES string of the molecule is CC1(C(Cl)CCl)CN(S(=O)(=O)c2ccccc2)CC1c1ccccc1. The number of alkyl halides is 2. The molecule has 0 saturated carbocycles. The van der Waals surface area contributed by atoms with E-state index >= 15 is 0 Å². The molecule has 0 N–H and O–H groups in total. The van der Waals surface area contributed by atoms with Gasteiger partial charge in [0, 0.05) is 30.3 Å². The summed E-state index contributed by atoms with van der Waals surface area (Å²) in [6, 6.07) is 18.5. The van der Waals surface area contributed by atoms with Crippen LogP contribution in [0.1, 0.15) is 18.4 Å². The van der Waals surface area contributed by atoms with E-state index in [9.17, 15) is 8.42 Å². The van der Waals surface area contributed by atoms with Crippen molar-refractivity contribution in [2.75, 3.05) is 19.0 Å². The Morgan fingerprint density at radius 1 is 1.12 bits per heavy atom. The Kier molecular flexibility index (Phi) is 5.45. The molecule has 2 aromatic rings. The summed E-state index contributed by atoms with van der Waals surface area (Å²) >= 11 is 12.6. The quantitative estimate of drug-likeness (QED) is 0.704. The Morgan fingerprint density at radius 2 is 1.68 bits per heavy atom. The summed E-state index contributed by atoms with van der Waals surface area (Å²) in [4.78, 5) is 0.308. The Morgan fingerprint density at radius 3 is 2.24 bits per heavy atom. The molecule has 0 spiro atoms. The fourth-order valence-corrected chi connectivity index (χ4v) is 5.72. The molecule has 0 bridgehead atoms. The summed E-state index contributed by atoms with van der Waals surface area (Å²) < 4.78 is 27.7. The highest BCUT2D eigenvalue weighted by Crippen LogP contribution is 2.48. The minimum absolute atomic E-state index is 0.00608. The number of nitrogens with zero attached hydrogens (tertiary/aromatic N) is 1. The molecular formula is C19H21Cl2NO2S. The number of hydrogen-bond acceptors (Lipinski definition) is 2. The van der Waals surface area contributed by atoms with Crippen LogP contribution in [0.2, 0.25) is 0 Å². The lowest BCUT2D eigenvalue weighted by Crippen LogP contribution is -2.37. The van der Waals surface area contributed by atoms with Crippen molar-refractivity contribution in [2.24, 2.45) is 5.41 Å². The lowest BCUT2D eigenvalue weighted by molar-refractivity contribution is 0.304. The summed E-state index contributed by atoms with van der Waals surface area (Å²) in [5.41, 5.74) is 0.651. The van der Waals surface area contributed by atoms with Gasteiger partial charge in [-0.25, -0.2) is 8.42 Å². The number of benzene rings is 2. The van der Waals surface area contributed by atoms with Crippen LogP contribution >= 0.6 is 23.2 Å². The third kappa shape index (κ3) is 3.45. The van der Waals surface area contributed by atoms with Crippen molar-refractivity contribution in [3.8, 4) is 0 Å². The van der Waals surface area contributed by atoms with Crippen molar-refractivity contribution in [1.82, 2.24) is 4.31 Å². The molecule has 3 atom stereocenters. The standard InChI is InChI=1S/C19H21Cl2NO2S/c1-19(18(21)12-20)14-22(13-17(19)15-8-4-2-5-9-15)25(23,24)16-10-6-3-7-11-16/h2-11,17-18H,12-14H2,1H3. The second-order valence-electron chi connectivity index (χ2n) is 6.70. The predicted octanol–water partition coefficient (Wildman–Crippen LogP) is 4.33. The van der Waals surface area contributed by atoms with Gasteiger partial charge in [-0.05, 0) is 17.7 Å². The fourth-order valence-electron chi connectivity index (χ4n) is 3.56. The van der Waals surface area contributed by atoms with Crippen molar-refractivity contribution in [2.45, 2.75) is 23.1 Å². The average Bonchev–Trinajstić information content (AvgIpc) is 3.02. The number of halogens is 2. The Hall–Kier alpha value is -1.07. The Bertz CT molecular complexity index is 814. The summed E-state index contributed by atoms with van der Waals surface area (Å²) in [6.45, 7) is 2.79. The van der Waals surface area contributed by atoms with Gasteiger partial charge in [-0.1, -0.05) is 55.5 Å².